The van der Waals surface area contributed by atoms with Crippen molar-refractivity contribution in [3.63, 3.8) is 0 Å². The van der Waals surface area contributed by atoms with Gasteiger partial charge in [-0.25, -0.2) is 10.6 Å². The first-order chi connectivity index (χ1) is 10.9. The van der Waals surface area contributed by atoms with Gasteiger partial charge in [-0.1, -0.05) is 6.07 Å². The molecule has 0 spiro atoms. The van der Waals surface area contributed by atoms with E-state index >= 15 is 0 Å². The Morgan fingerprint density at radius 1 is 1.52 bits per heavy atom. The summed E-state index contributed by atoms with van der Waals surface area (Å²) < 4.78 is 10.2. The fraction of sp³-hybridized carbons (Fsp3) is 0.333. The van der Waals surface area contributed by atoms with Crippen molar-refractivity contribution in [3.05, 3.63) is 35.0 Å². The van der Waals surface area contributed by atoms with E-state index in [1.54, 1.807) is 26.0 Å². The maximum Gasteiger partial charge on any atom is 0.338 e. The summed E-state index contributed by atoms with van der Waals surface area (Å²) in [6.07, 6.45) is 0. The average molecular weight is 337 g/mol. The lowest BCUT2D eigenvalue weighted by Gasteiger charge is -2.34. The van der Waals surface area contributed by atoms with Crippen molar-refractivity contribution in [3.8, 4) is 11.5 Å². The third-order valence-corrected chi connectivity index (χ3v) is 3.87. The van der Waals surface area contributed by atoms with Crippen molar-refractivity contribution in [1.29, 1.82) is 0 Å². The van der Waals surface area contributed by atoms with Gasteiger partial charge in [0.25, 0.3) is 0 Å². The summed E-state index contributed by atoms with van der Waals surface area (Å²) in [5.74, 6) is 5.69. The van der Waals surface area contributed by atoms with Crippen LogP contribution in [-0.2, 0) is 9.53 Å². The van der Waals surface area contributed by atoms with Crippen LogP contribution in [0, 0.1) is 0 Å². The molecule has 2 rings (SSSR count). The fourth-order valence-corrected chi connectivity index (χ4v) is 2.61. The number of allylic oxidation sites excluding steroid dienone is 1. The average Bonchev–Trinajstić information content (AvgIpc) is 2.53. The number of methoxy groups -OCH3 is 1. The minimum absolute atomic E-state index is 0.00785. The molecule has 1 atom stereocenters. The molecule has 7 nitrogen and oxygen atoms in total. The molecule has 1 unspecified atom stereocenters. The Balaban J connectivity index is 2.53. The normalized spacial score (nSPS) is 17.8. The summed E-state index contributed by atoms with van der Waals surface area (Å²) in [6.45, 7) is 3.67. The van der Waals surface area contributed by atoms with Crippen LogP contribution in [0.4, 0.5) is 0 Å². The van der Waals surface area contributed by atoms with Crippen LogP contribution < -0.4 is 15.9 Å². The Labute approximate surface area is 139 Å². The highest BCUT2D eigenvalue weighted by Crippen LogP contribution is 2.34. The Morgan fingerprint density at radius 3 is 2.83 bits per heavy atom. The number of hydrogen-bond acceptors (Lipinski definition) is 6. The second-order valence-corrected chi connectivity index (χ2v) is 5.29. The zero-order valence-electron chi connectivity index (χ0n) is 13.1. The number of nitrogens with zero attached hydrogens (tertiary/aromatic N) is 1. The molecule has 1 aliphatic heterocycles. The van der Waals surface area contributed by atoms with E-state index in [1.165, 1.54) is 18.2 Å². The molecule has 0 aromatic heterocycles. The molecule has 1 aromatic carbocycles. The van der Waals surface area contributed by atoms with Gasteiger partial charge in [-0.3, -0.25) is 5.01 Å². The van der Waals surface area contributed by atoms with Crippen LogP contribution >= 0.6 is 12.2 Å². The van der Waals surface area contributed by atoms with Gasteiger partial charge in [0, 0.05) is 5.70 Å². The van der Waals surface area contributed by atoms with Crippen molar-refractivity contribution < 1.29 is 19.4 Å². The summed E-state index contributed by atoms with van der Waals surface area (Å²) in [4.78, 5) is 12.3. The number of nitrogens with two attached hydrogens (primary N) is 1. The van der Waals surface area contributed by atoms with Crippen LogP contribution in [0.3, 0.4) is 0 Å². The lowest BCUT2D eigenvalue weighted by atomic mass is 9.95. The Hall–Kier alpha value is -2.32. The SMILES string of the molecule is CCOC(=O)C1=C(C)N(N)C(=S)NC1c1ccc(O)c(OC)c1. The van der Waals surface area contributed by atoms with Crippen LogP contribution in [-0.4, -0.2) is 34.9 Å². The minimum atomic E-state index is -0.546. The van der Waals surface area contributed by atoms with E-state index in [4.69, 9.17) is 27.5 Å². The molecular formula is C15H19N3O4S. The first-order valence-corrected chi connectivity index (χ1v) is 7.41. The number of phenolic OH excluding ortho intramolecular Hbond substituents is 1. The number of hydrazine groups is 1. The number of hydrogen-bond donors (Lipinski definition) is 3. The quantitative estimate of drug-likeness (QED) is 0.430. The van der Waals surface area contributed by atoms with Gasteiger partial charge in [-0.2, -0.15) is 0 Å². The molecule has 0 saturated heterocycles. The summed E-state index contributed by atoms with van der Waals surface area (Å²) in [5.41, 5.74) is 1.55. The number of rotatable bonds is 4. The van der Waals surface area contributed by atoms with Crippen LogP contribution in [0.2, 0.25) is 0 Å². The number of nitrogens with one attached hydrogen (secondary N) is 1. The monoisotopic (exact) mass is 337 g/mol. The van der Waals surface area contributed by atoms with Crippen molar-refractivity contribution in [1.82, 2.24) is 10.3 Å². The van der Waals surface area contributed by atoms with E-state index in [-0.39, 0.29) is 17.5 Å². The number of phenols is 1. The number of benzene rings is 1. The maximum atomic E-state index is 12.3. The zero-order chi connectivity index (χ0) is 17.1. The van der Waals surface area contributed by atoms with E-state index in [0.717, 1.165) is 0 Å². The molecule has 23 heavy (non-hydrogen) atoms. The molecule has 1 aromatic rings. The van der Waals surface area contributed by atoms with E-state index in [9.17, 15) is 9.90 Å². The molecule has 1 heterocycles. The zero-order valence-corrected chi connectivity index (χ0v) is 13.9. The van der Waals surface area contributed by atoms with Crippen molar-refractivity contribution in [2.24, 2.45) is 5.84 Å². The number of ether oxygens (including phenoxy) is 2. The van der Waals surface area contributed by atoms with E-state index in [2.05, 4.69) is 5.32 Å². The fourth-order valence-electron chi connectivity index (χ4n) is 2.35. The molecule has 1 aliphatic rings. The first-order valence-electron chi connectivity index (χ1n) is 7.00. The standard InChI is InChI=1S/C15H19N3O4S/c1-4-22-14(20)12-8(2)18(16)15(23)17-13(12)9-5-6-10(19)11(7-9)21-3/h5-7,13,19H,4,16H2,1-3H3,(H,17,23). The summed E-state index contributed by atoms with van der Waals surface area (Å²) in [7, 11) is 1.45. The summed E-state index contributed by atoms with van der Waals surface area (Å²) in [6, 6.07) is 4.26. The number of thiocarbonyl (C=S) groups is 1. The molecule has 4 N–H and O–H groups in total. The van der Waals surface area contributed by atoms with Gasteiger partial charge >= 0.3 is 5.97 Å². The maximum absolute atomic E-state index is 12.3. The molecule has 8 heteroatoms. The van der Waals surface area contributed by atoms with Crippen molar-refractivity contribution >= 4 is 23.3 Å². The van der Waals surface area contributed by atoms with Gasteiger partial charge < -0.3 is 19.9 Å². The molecule has 124 valence electrons. The number of aromatic hydroxyl groups is 1. The Kier molecular flexibility index (Phi) is 5.07. The number of carbonyl (C=O) groups excluding carboxylic acids is 1. The molecule has 0 fully saturated rings. The van der Waals surface area contributed by atoms with Crippen LogP contribution in [0.15, 0.2) is 29.5 Å². The number of carbonyl (C=O) groups is 1. The third kappa shape index (κ3) is 3.22. The van der Waals surface area contributed by atoms with E-state index in [0.29, 0.717) is 22.6 Å². The highest BCUT2D eigenvalue weighted by atomic mass is 32.1. The van der Waals surface area contributed by atoms with Crippen molar-refractivity contribution in [2.75, 3.05) is 13.7 Å². The highest BCUT2D eigenvalue weighted by Gasteiger charge is 2.34. The topological polar surface area (TPSA) is 97.1 Å². The van der Waals surface area contributed by atoms with Gasteiger partial charge in [-0.15, -0.1) is 0 Å². The Morgan fingerprint density at radius 2 is 2.22 bits per heavy atom. The van der Waals surface area contributed by atoms with Gasteiger partial charge in [0.1, 0.15) is 0 Å². The first kappa shape index (κ1) is 17.0. The van der Waals surface area contributed by atoms with Crippen molar-refractivity contribution in [2.45, 2.75) is 19.9 Å². The molecule has 0 aliphatic carbocycles. The third-order valence-electron chi connectivity index (χ3n) is 3.56. The van der Waals surface area contributed by atoms with Crippen LogP contribution in [0.1, 0.15) is 25.5 Å². The number of esters is 1. The summed E-state index contributed by atoms with van der Waals surface area (Å²) in [5, 5.41) is 14.3. The van der Waals surface area contributed by atoms with Gasteiger partial charge in [0.15, 0.2) is 16.6 Å². The largest absolute Gasteiger partial charge is 0.504 e. The molecule has 0 saturated carbocycles. The Bertz CT molecular complexity index is 675. The molecular weight excluding hydrogens is 318 g/mol. The van der Waals surface area contributed by atoms with Gasteiger partial charge in [0.05, 0.1) is 25.3 Å². The lowest BCUT2D eigenvalue weighted by molar-refractivity contribution is -0.139. The van der Waals surface area contributed by atoms with Gasteiger partial charge in [-0.05, 0) is 43.8 Å². The van der Waals surface area contributed by atoms with Crippen LogP contribution in [0.25, 0.3) is 0 Å². The summed E-state index contributed by atoms with van der Waals surface area (Å²) >= 11 is 5.20. The predicted octanol–water partition coefficient (Wildman–Crippen LogP) is 1.34. The van der Waals surface area contributed by atoms with Gasteiger partial charge in [0.2, 0.25) is 0 Å². The smallest absolute Gasteiger partial charge is 0.338 e. The second kappa shape index (κ2) is 6.84. The lowest BCUT2D eigenvalue weighted by Crippen LogP contribution is -2.50. The van der Waals surface area contributed by atoms with Crippen LogP contribution in [0.5, 0.6) is 11.5 Å². The minimum Gasteiger partial charge on any atom is -0.504 e. The second-order valence-electron chi connectivity index (χ2n) is 4.90. The molecule has 0 bridgehead atoms. The van der Waals surface area contributed by atoms with E-state index < -0.39 is 12.0 Å². The predicted molar refractivity (Wildman–Crippen MR) is 88.5 cm³/mol. The van der Waals surface area contributed by atoms with E-state index in [1.807, 2.05) is 0 Å². The molecule has 0 radical (unpaired) electrons. The molecule has 0 amide bonds. The highest BCUT2D eigenvalue weighted by molar-refractivity contribution is 7.80.